The van der Waals surface area contributed by atoms with Crippen LogP contribution in [0, 0.1) is 0 Å². The van der Waals surface area contributed by atoms with Crippen molar-refractivity contribution in [3.05, 3.63) is 59.7 Å². The van der Waals surface area contributed by atoms with Gasteiger partial charge in [0, 0.05) is 18.9 Å². The van der Waals surface area contributed by atoms with Gasteiger partial charge in [0.25, 0.3) is 5.91 Å². The van der Waals surface area contributed by atoms with Crippen LogP contribution in [0.4, 0.5) is 0 Å². The van der Waals surface area contributed by atoms with E-state index in [9.17, 15) is 4.79 Å². The van der Waals surface area contributed by atoms with Crippen molar-refractivity contribution in [1.29, 1.82) is 0 Å². The van der Waals surface area contributed by atoms with Gasteiger partial charge in [-0.1, -0.05) is 24.3 Å². The minimum Gasteiger partial charge on any atom is -0.347 e. The fourth-order valence-electron chi connectivity index (χ4n) is 1.68. The predicted molar refractivity (Wildman–Crippen MR) is 72.4 cm³/mol. The van der Waals surface area contributed by atoms with E-state index >= 15 is 0 Å². The van der Waals surface area contributed by atoms with Gasteiger partial charge in [-0.3, -0.25) is 9.78 Å². The summed E-state index contributed by atoms with van der Waals surface area (Å²) in [5, 5.41) is 2.80. The number of amides is 1. The van der Waals surface area contributed by atoms with Gasteiger partial charge in [-0.25, -0.2) is 4.98 Å². The van der Waals surface area contributed by atoms with E-state index in [2.05, 4.69) is 15.3 Å². The van der Waals surface area contributed by atoms with Crippen LogP contribution < -0.4 is 11.1 Å². The van der Waals surface area contributed by atoms with E-state index in [0.29, 0.717) is 18.8 Å². The molecule has 2 aromatic rings. The van der Waals surface area contributed by atoms with E-state index in [4.69, 9.17) is 5.73 Å². The Morgan fingerprint density at radius 3 is 2.53 bits per heavy atom. The number of hydrogen-bond acceptors (Lipinski definition) is 4. The highest BCUT2D eigenvalue weighted by atomic mass is 16.1. The van der Waals surface area contributed by atoms with Gasteiger partial charge in [0.05, 0.1) is 6.20 Å². The van der Waals surface area contributed by atoms with Gasteiger partial charge >= 0.3 is 0 Å². The molecule has 0 atom stereocenters. The number of carbonyl (C=O) groups excluding carboxylic acids is 1. The van der Waals surface area contributed by atoms with Crippen LogP contribution in [0.15, 0.2) is 42.9 Å². The molecule has 0 fully saturated rings. The predicted octanol–water partition coefficient (Wildman–Crippen LogP) is 0.908. The summed E-state index contributed by atoms with van der Waals surface area (Å²) in [4.78, 5) is 19.6. The summed E-state index contributed by atoms with van der Waals surface area (Å²) in [5.41, 5.74) is 8.05. The maximum Gasteiger partial charge on any atom is 0.271 e. The Morgan fingerprint density at radius 1 is 1.16 bits per heavy atom. The van der Waals surface area contributed by atoms with Crippen LogP contribution in [-0.2, 0) is 13.0 Å². The van der Waals surface area contributed by atoms with Crippen molar-refractivity contribution < 1.29 is 4.79 Å². The van der Waals surface area contributed by atoms with E-state index < -0.39 is 0 Å². The number of carbonyl (C=O) groups is 1. The lowest BCUT2D eigenvalue weighted by atomic mass is 10.1. The summed E-state index contributed by atoms with van der Waals surface area (Å²) in [7, 11) is 0. The van der Waals surface area contributed by atoms with Crippen LogP contribution in [0.25, 0.3) is 0 Å². The molecule has 0 unspecified atom stereocenters. The second kappa shape index (κ2) is 6.61. The molecule has 0 aliphatic carbocycles. The standard InChI is InChI=1S/C14H16N4O/c15-6-5-11-1-3-12(4-2-11)9-18-14(19)13-10-16-7-8-17-13/h1-4,7-8,10H,5-6,9,15H2,(H,18,19). The molecule has 0 aliphatic heterocycles. The first-order valence-corrected chi connectivity index (χ1v) is 6.11. The quantitative estimate of drug-likeness (QED) is 0.833. The number of benzene rings is 1. The minimum atomic E-state index is -0.223. The molecule has 1 aromatic heterocycles. The SMILES string of the molecule is NCCc1ccc(CNC(=O)c2cnccn2)cc1. The average Bonchev–Trinajstić information content (AvgIpc) is 2.47. The van der Waals surface area contributed by atoms with Gasteiger partial charge < -0.3 is 11.1 Å². The van der Waals surface area contributed by atoms with E-state index in [1.807, 2.05) is 24.3 Å². The second-order valence-electron chi connectivity index (χ2n) is 4.13. The molecule has 0 aliphatic rings. The van der Waals surface area contributed by atoms with Crippen LogP contribution in [-0.4, -0.2) is 22.4 Å². The number of aromatic nitrogens is 2. The molecular weight excluding hydrogens is 240 g/mol. The first-order chi connectivity index (χ1) is 9.29. The molecule has 0 bridgehead atoms. The normalized spacial score (nSPS) is 10.2. The van der Waals surface area contributed by atoms with E-state index in [0.717, 1.165) is 12.0 Å². The highest BCUT2D eigenvalue weighted by molar-refractivity contribution is 5.91. The molecule has 5 heteroatoms. The molecular formula is C14H16N4O. The summed E-state index contributed by atoms with van der Waals surface area (Å²) in [6.45, 7) is 1.11. The second-order valence-corrected chi connectivity index (χ2v) is 4.13. The molecule has 0 radical (unpaired) electrons. The van der Waals surface area contributed by atoms with Crippen molar-refractivity contribution in [1.82, 2.24) is 15.3 Å². The van der Waals surface area contributed by atoms with Crippen LogP contribution in [0.5, 0.6) is 0 Å². The lowest BCUT2D eigenvalue weighted by Crippen LogP contribution is -2.23. The maximum atomic E-state index is 11.8. The molecule has 0 saturated heterocycles. The number of nitrogens with one attached hydrogen (secondary N) is 1. The van der Waals surface area contributed by atoms with Crippen LogP contribution in [0.2, 0.25) is 0 Å². The molecule has 1 amide bonds. The van der Waals surface area contributed by atoms with Crippen LogP contribution >= 0.6 is 0 Å². The highest BCUT2D eigenvalue weighted by Gasteiger charge is 2.05. The zero-order chi connectivity index (χ0) is 13.5. The summed E-state index contributed by atoms with van der Waals surface area (Å²) < 4.78 is 0. The molecule has 3 N–H and O–H groups in total. The fourth-order valence-corrected chi connectivity index (χ4v) is 1.68. The summed E-state index contributed by atoms with van der Waals surface area (Å²) in [6.07, 6.45) is 5.34. The largest absolute Gasteiger partial charge is 0.347 e. The Hall–Kier alpha value is -2.27. The number of rotatable bonds is 5. The summed E-state index contributed by atoms with van der Waals surface area (Å²) >= 11 is 0. The minimum absolute atomic E-state index is 0.223. The Labute approximate surface area is 111 Å². The van der Waals surface area contributed by atoms with Crippen molar-refractivity contribution in [2.24, 2.45) is 5.73 Å². The monoisotopic (exact) mass is 256 g/mol. The van der Waals surface area contributed by atoms with Gasteiger partial charge in [0.1, 0.15) is 5.69 Å². The fraction of sp³-hybridized carbons (Fsp3) is 0.214. The third kappa shape index (κ3) is 3.86. The highest BCUT2D eigenvalue weighted by Crippen LogP contribution is 2.04. The van der Waals surface area contributed by atoms with Crippen molar-refractivity contribution in [3.8, 4) is 0 Å². The van der Waals surface area contributed by atoms with Crippen LogP contribution in [0.3, 0.4) is 0 Å². The van der Waals surface area contributed by atoms with E-state index in [-0.39, 0.29) is 5.91 Å². The molecule has 5 nitrogen and oxygen atoms in total. The van der Waals surface area contributed by atoms with Gasteiger partial charge in [0.15, 0.2) is 0 Å². The Balaban J connectivity index is 1.90. The number of nitrogens with zero attached hydrogens (tertiary/aromatic N) is 2. The number of hydrogen-bond donors (Lipinski definition) is 2. The van der Waals surface area contributed by atoms with Crippen LogP contribution in [0.1, 0.15) is 21.6 Å². The summed E-state index contributed by atoms with van der Waals surface area (Å²) in [5.74, 6) is -0.223. The zero-order valence-corrected chi connectivity index (χ0v) is 10.5. The summed E-state index contributed by atoms with van der Waals surface area (Å²) in [6, 6.07) is 8.03. The molecule has 19 heavy (non-hydrogen) atoms. The molecule has 98 valence electrons. The Bertz CT molecular complexity index is 525. The first-order valence-electron chi connectivity index (χ1n) is 6.11. The lowest BCUT2D eigenvalue weighted by molar-refractivity contribution is 0.0945. The zero-order valence-electron chi connectivity index (χ0n) is 10.5. The van der Waals surface area contributed by atoms with Crippen molar-refractivity contribution in [2.45, 2.75) is 13.0 Å². The van der Waals surface area contributed by atoms with Gasteiger partial charge in [0.2, 0.25) is 0 Å². The molecule has 1 heterocycles. The van der Waals surface area contributed by atoms with Crippen molar-refractivity contribution in [2.75, 3.05) is 6.54 Å². The third-order valence-corrected chi connectivity index (χ3v) is 2.70. The van der Waals surface area contributed by atoms with Gasteiger partial charge in [-0.15, -0.1) is 0 Å². The Kier molecular flexibility index (Phi) is 4.58. The van der Waals surface area contributed by atoms with Crippen molar-refractivity contribution in [3.63, 3.8) is 0 Å². The molecule has 2 rings (SSSR count). The maximum absolute atomic E-state index is 11.8. The topological polar surface area (TPSA) is 80.9 Å². The molecule has 1 aromatic carbocycles. The average molecular weight is 256 g/mol. The molecule has 0 spiro atoms. The molecule has 0 saturated carbocycles. The van der Waals surface area contributed by atoms with E-state index in [1.165, 1.54) is 24.2 Å². The number of nitrogens with two attached hydrogens (primary N) is 1. The van der Waals surface area contributed by atoms with E-state index in [1.54, 1.807) is 0 Å². The third-order valence-electron chi connectivity index (χ3n) is 2.70. The smallest absolute Gasteiger partial charge is 0.271 e. The Morgan fingerprint density at radius 2 is 1.89 bits per heavy atom. The first kappa shape index (κ1) is 13.2. The van der Waals surface area contributed by atoms with Crippen molar-refractivity contribution >= 4 is 5.91 Å². The van der Waals surface area contributed by atoms with Gasteiger partial charge in [-0.05, 0) is 24.1 Å². The van der Waals surface area contributed by atoms with Gasteiger partial charge in [-0.2, -0.15) is 0 Å². The lowest BCUT2D eigenvalue weighted by Gasteiger charge is -2.05.